The van der Waals surface area contributed by atoms with Crippen molar-refractivity contribution in [2.75, 3.05) is 0 Å². The Hall–Kier alpha value is -2.41. The number of nitrogens with zero attached hydrogens (tertiary/aromatic N) is 2. The second kappa shape index (κ2) is 7.23. The predicted molar refractivity (Wildman–Crippen MR) is 87.1 cm³/mol. The minimum Gasteiger partial charge on any atom is -0.269 e. The van der Waals surface area contributed by atoms with Crippen molar-refractivity contribution in [3.8, 4) is 0 Å². The van der Waals surface area contributed by atoms with E-state index >= 15 is 0 Å². The van der Waals surface area contributed by atoms with Gasteiger partial charge in [0.05, 0.1) is 12.7 Å². The number of aromatic nitrogens is 2. The minimum atomic E-state index is -3.92. The number of carbonyl (C=O) groups is 1. The fraction of sp³-hybridized carbons (Fsp3) is 0.250. The molecule has 0 aliphatic rings. The maximum atomic E-state index is 12.2. The molecule has 0 saturated carbocycles. The first kappa shape index (κ1) is 17.0. The topological polar surface area (TPSA) is 81.1 Å². The first-order valence-corrected chi connectivity index (χ1v) is 8.71. The van der Waals surface area contributed by atoms with E-state index in [-0.39, 0.29) is 4.90 Å². The second-order valence-corrected chi connectivity index (χ2v) is 6.77. The van der Waals surface area contributed by atoms with Crippen LogP contribution in [0.15, 0.2) is 59.3 Å². The second-order valence-electron chi connectivity index (χ2n) is 5.09. The molecule has 0 saturated heterocycles. The average molecular weight is 333 g/mol. The van der Waals surface area contributed by atoms with Crippen LogP contribution in [-0.2, 0) is 21.4 Å². The van der Waals surface area contributed by atoms with E-state index in [4.69, 9.17) is 0 Å². The van der Waals surface area contributed by atoms with E-state index in [1.165, 1.54) is 17.1 Å². The molecular weight excluding hydrogens is 314 g/mol. The molecule has 6 nitrogen and oxygen atoms in total. The average Bonchev–Trinajstić information content (AvgIpc) is 2.97. The van der Waals surface area contributed by atoms with E-state index in [0.717, 1.165) is 5.56 Å². The summed E-state index contributed by atoms with van der Waals surface area (Å²) in [5.41, 5.74) is 1.37. The molecule has 1 amide bonds. The van der Waals surface area contributed by atoms with Crippen LogP contribution < -0.4 is 4.72 Å². The lowest BCUT2D eigenvalue weighted by Crippen LogP contribution is -2.30. The maximum Gasteiger partial charge on any atom is 0.267 e. The van der Waals surface area contributed by atoms with Crippen molar-refractivity contribution in [3.05, 3.63) is 59.9 Å². The van der Waals surface area contributed by atoms with Gasteiger partial charge in [-0.05, 0) is 18.9 Å². The molecule has 0 atom stereocenters. The molecule has 1 aromatic heterocycles. The van der Waals surface area contributed by atoms with E-state index in [2.05, 4.69) is 5.10 Å². The molecule has 0 spiro atoms. The Labute approximate surface area is 135 Å². The first-order valence-electron chi connectivity index (χ1n) is 7.22. The predicted octanol–water partition coefficient (Wildman–Crippen LogP) is 2.09. The van der Waals surface area contributed by atoms with Crippen LogP contribution in [0.3, 0.4) is 0 Å². The Bertz CT molecular complexity index is 808. The van der Waals surface area contributed by atoms with Gasteiger partial charge in [0, 0.05) is 11.8 Å². The van der Waals surface area contributed by atoms with Gasteiger partial charge < -0.3 is 0 Å². The number of carbonyl (C=O) groups excluding carboxylic acids is 1. The third kappa shape index (κ3) is 4.53. The number of sulfonamides is 1. The SMILES string of the molecule is CC/C=C(/C)C(=O)NS(=O)(=O)c1cnn(Cc2ccccc2)c1. The Morgan fingerprint density at radius 3 is 2.65 bits per heavy atom. The Morgan fingerprint density at radius 2 is 2.00 bits per heavy atom. The summed E-state index contributed by atoms with van der Waals surface area (Å²) in [4.78, 5) is 11.8. The van der Waals surface area contributed by atoms with Gasteiger partial charge in [-0.2, -0.15) is 5.10 Å². The van der Waals surface area contributed by atoms with Crippen molar-refractivity contribution in [1.29, 1.82) is 0 Å². The van der Waals surface area contributed by atoms with E-state index in [1.54, 1.807) is 13.0 Å². The summed E-state index contributed by atoms with van der Waals surface area (Å²) in [5, 5.41) is 4.04. The Morgan fingerprint density at radius 1 is 1.30 bits per heavy atom. The van der Waals surface area contributed by atoms with Crippen LogP contribution >= 0.6 is 0 Å². The standard InChI is InChI=1S/C16H19N3O3S/c1-3-7-13(2)16(20)18-23(21,22)15-10-17-19(12-15)11-14-8-5-4-6-9-14/h4-10,12H,3,11H2,1-2H3,(H,18,20)/b13-7-. The van der Waals surface area contributed by atoms with Crippen molar-refractivity contribution < 1.29 is 13.2 Å². The van der Waals surface area contributed by atoms with Crippen LogP contribution in [0.5, 0.6) is 0 Å². The number of benzene rings is 1. The largest absolute Gasteiger partial charge is 0.269 e. The molecule has 0 aliphatic heterocycles. The summed E-state index contributed by atoms with van der Waals surface area (Å²) in [5.74, 6) is -0.623. The zero-order valence-electron chi connectivity index (χ0n) is 13.1. The van der Waals surface area contributed by atoms with Gasteiger partial charge in [0.2, 0.25) is 0 Å². The zero-order valence-corrected chi connectivity index (χ0v) is 13.9. The Kier molecular flexibility index (Phi) is 5.33. The van der Waals surface area contributed by atoms with E-state index in [9.17, 15) is 13.2 Å². The van der Waals surface area contributed by atoms with Crippen molar-refractivity contribution in [1.82, 2.24) is 14.5 Å². The number of rotatable bonds is 6. The highest BCUT2D eigenvalue weighted by Gasteiger charge is 2.20. The summed E-state index contributed by atoms with van der Waals surface area (Å²) < 4.78 is 28.0. The van der Waals surface area contributed by atoms with Crippen LogP contribution in [-0.4, -0.2) is 24.1 Å². The maximum absolute atomic E-state index is 12.2. The molecule has 7 heteroatoms. The van der Waals surface area contributed by atoms with Crippen LogP contribution in [0.1, 0.15) is 25.8 Å². The van der Waals surface area contributed by atoms with Crippen molar-refractivity contribution in [2.45, 2.75) is 31.7 Å². The molecular formula is C16H19N3O3S. The molecule has 0 bridgehead atoms. The van der Waals surface area contributed by atoms with Crippen molar-refractivity contribution in [2.24, 2.45) is 0 Å². The molecule has 122 valence electrons. The lowest BCUT2D eigenvalue weighted by atomic mass is 10.2. The quantitative estimate of drug-likeness (QED) is 0.821. The molecule has 1 heterocycles. The van der Waals surface area contributed by atoms with Gasteiger partial charge >= 0.3 is 0 Å². The van der Waals surface area contributed by atoms with Gasteiger partial charge in [-0.15, -0.1) is 0 Å². The van der Waals surface area contributed by atoms with Crippen LogP contribution in [0.4, 0.5) is 0 Å². The van der Waals surface area contributed by atoms with Crippen molar-refractivity contribution >= 4 is 15.9 Å². The van der Waals surface area contributed by atoms with Gasteiger partial charge in [-0.25, -0.2) is 13.1 Å². The summed E-state index contributed by atoms with van der Waals surface area (Å²) in [6.07, 6.45) is 4.97. The lowest BCUT2D eigenvalue weighted by molar-refractivity contribution is -0.115. The van der Waals surface area contributed by atoms with Gasteiger partial charge in [0.1, 0.15) is 4.90 Å². The molecule has 1 aromatic carbocycles. The summed E-state index contributed by atoms with van der Waals surface area (Å²) in [7, 11) is -3.92. The first-order chi connectivity index (χ1) is 10.9. The summed E-state index contributed by atoms with van der Waals surface area (Å²) in [6, 6.07) is 9.57. The van der Waals surface area contributed by atoms with Gasteiger partial charge in [-0.3, -0.25) is 9.48 Å². The summed E-state index contributed by atoms with van der Waals surface area (Å²) >= 11 is 0. The van der Waals surface area contributed by atoms with E-state index in [1.807, 2.05) is 42.0 Å². The molecule has 23 heavy (non-hydrogen) atoms. The van der Waals surface area contributed by atoms with E-state index < -0.39 is 15.9 Å². The van der Waals surface area contributed by atoms with E-state index in [0.29, 0.717) is 18.5 Å². The number of allylic oxidation sites excluding steroid dienone is 1. The highest BCUT2D eigenvalue weighted by atomic mass is 32.2. The number of hydrogen-bond acceptors (Lipinski definition) is 4. The summed E-state index contributed by atoms with van der Waals surface area (Å²) in [6.45, 7) is 3.91. The fourth-order valence-electron chi connectivity index (χ4n) is 2.00. The van der Waals surface area contributed by atoms with Crippen LogP contribution in [0, 0.1) is 0 Å². The number of nitrogens with one attached hydrogen (secondary N) is 1. The highest BCUT2D eigenvalue weighted by Crippen LogP contribution is 2.10. The number of hydrogen-bond donors (Lipinski definition) is 1. The third-order valence-electron chi connectivity index (χ3n) is 3.20. The molecule has 0 unspecified atom stereocenters. The normalized spacial score (nSPS) is 12.2. The third-order valence-corrected chi connectivity index (χ3v) is 4.49. The fourth-order valence-corrected chi connectivity index (χ4v) is 2.97. The Balaban J connectivity index is 2.12. The smallest absolute Gasteiger partial charge is 0.267 e. The van der Waals surface area contributed by atoms with Gasteiger partial charge in [0.15, 0.2) is 0 Å². The number of amides is 1. The molecule has 2 aromatic rings. The van der Waals surface area contributed by atoms with Crippen molar-refractivity contribution in [3.63, 3.8) is 0 Å². The minimum absolute atomic E-state index is 0.0360. The highest BCUT2D eigenvalue weighted by molar-refractivity contribution is 7.90. The molecule has 1 N–H and O–H groups in total. The molecule has 2 rings (SSSR count). The lowest BCUT2D eigenvalue weighted by Gasteiger charge is -2.05. The van der Waals surface area contributed by atoms with Crippen LogP contribution in [0.2, 0.25) is 0 Å². The van der Waals surface area contributed by atoms with Gasteiger partial charge in [-0.1, -0.05) is 43.3 Å². The van der Waals surface area contributed by atoms with Crippen LogP contribution in [0.25, 0.3) is 0 Å². The molecule has 0 aliphatic carbocycles. The monoisotopic (exact) mass is 333 g/mol. The zero-order chi connectivity index (χ0) is 16.9. The van der Waals surface area contributed by atoms with Gasteiger partial charge in [0.25, 0.3) is 15.9 Å². The molecule has 0 fully saturated rings. The molecule has 0 radical (unpaired) electrons.